The first kappa shape index (κ1) is 16.8. The molecule has 2 N–H and O–H groups in total. The Morgan fingerprint density at radius 3 is 2.62 bits per heavy atom. The van der Waals surface area contributed by atoms with Gasteiger partial charge in [-0.3, -0.25) is 0 Å². The van der Waals surface area contributed by atoms with Crippen molar-refractivity contribution < 1.29 is 14.3 Å². The number of rotatable bonds is 4. The number of nitrogens with two attached hydrogens (primary N) is 1. The highest BCUT2D eigenvalue weighted by atomic mass is 32.1. The smallest absolute Gasteiger partial charge is 0.342 e. The van der Waals surface area contributed by atoms with Crippen LogP contribution in [-0.2, 0) is 4.74 Å². The zero-order valence-corrected chi connectivity index (χ0v) is 14.9. The summed E-state index contributed by atoms with van der Waals surface area (Å²) in [7, 11) is 1.63. The van der Waals surface area contributed by atoms with Gasteiger partial charge >= 0.3 is 5.97 Å². The van der Waals surface area contributed by atoms with Gasteiger partial charge in [-0.1, -0.05) is 24.6 Å². The number of hydrogen-bond acceptors (Lipinski definition) is 5. The van der Waals surface area contributed by atoms with Crippen molar-refractivity contribution in [2.24, 2.45) is 0 Å². The predicted molar refractivity (Wildman–Crippen MR) is 97.7 cm³/mol. The molecule has 0 radical (unpaired) electrons. The molecule has 1 fully saturated rings. The van der Waals surface area contributed by atoms with E-state index in [1.807, 2.05) is 31.2 Å². The fraction of sp³-hybridized carbons (Fsp3) is 0.421. The summed E-state index contributed by atoms with van der Waals surface area (Å²) >= 11 is 1.42. The molecule has 1 aromatic heterocycles. The van der Waals surface area contributed by atoms with Crippen LogP contribution in [0.15, 0.2) is 24.3 Å². The molecular formula is C19H23NO3S. The lowest BCUT2D eigenvalue weighted by Gasteiger charge is -2.22. The lowest BCUT2D eigenvalue weighted by Crippen LogP contribution is -2.21. The largest absolute Gasteiger partial charge is 0.496 e. The van der Waals surface area contributed by atoms with Crippen LogP contribution in [0, 0.1) is 6.92 Å². The Morgan fingerprint density at radius 2 is 1.92 bits per heavy atom. The van der Waals surface area contributed by atoms with Gasteiger partial charge in [0.1, 0.15) is 22.4 Å². The van der Waals surface area contributed by atoms with Gasteiger partial charge in [0.05, 0.1) is 7.11 Å². The maximum absolute atomic E-state index is 12.8. The fourth-order valence-electron chi connectivity index (χ4n) is 3.34. The van der Waals surface area contributed by atoms with Crippen molar-refractivity contribution in [3.05, 3.63) is 34.7 Å². The molecule has 0 aliphatic heterocycles. The molecule has 3 rings (SSSR count). The maximum atomic E-state index is 12.8. The Balaban J connectivity index is 1.97. The average Bonchev–Trinajstić information content (AvgIpc) is 2.89. The molecule has 24 heavy (non-hydrogen) atoms. The van der Waals surface area contributed by atoms with E-state index in [-0.39, 0.29) is 12.1 Å². The highest BCUT2D eigenvalue weighted by Gasteiger charge is 2.27. The molecule has 1 heterocycles. The van der Waals surface area contributed by atoms with Gasteiger partial charge in [-0.15, -0.1) is 11.3 Å². The number of benzene rings is 1. The quantitative estimate of drug-likeness (QED) is 0.808. The Kier molecular flexibility index (Phi) is 5.09. The number of ether oxygens (including phenoxy) is 2. The van der Waals surface area contributed by atoms with E-state index in [0.29, 0.717) is 10.6 Å². The first-order chi connectivity index (χ1) is 11.6. The zero-order valence-electron chi connectivity index (χ0n) is 14.1. The third kappa shape index (κ3) is 3.26. The van der Waals surface area contributed by atoms with Crippen molar-refractivity contribution in [3.63, 3.8) is 0 Å². The molecule has 0 amide bonds. The zero-order chi connectivity index (χ0) is 17.1. The highest BCUT2D eigenvalue weighted by Crippen LogP contribution is 2.42. The lowest BCUT2D eigenvalue weighted by molar-refractivity contribution is 0.0213. The van der Waals surface area contributed by atoms with E-state index >= 15 is 0 Å². The SMILES string of the molecule is COc1ccccc1-c1c(C)sc(N)c1C(=O)OC1CCCCC1. The summed E-state index contributed by atoms with van der Waals surface area (Å²) in [5.41, 5.74) is 8.34. The number of carbonyl (C=O) groups excluding carboxylic acids is 1. The third-order valence-electron chi connectivity index (χ3n) is 4.52. The minimum Gasteiger partial charge on any atom is -0.496 e. The van der Waals surface area contributed by atoms with Gasteiger partial charge in [-0.05, 0) is 38.7 Å². The third-order valence-corrected chi connectivity index (χ3v) is 5.45. The summed E-state index contributed by atoms with van der Waals surface area (Å²) in [6.45, 7) is 1.97. The molecule has 0 atom stereocenters. The van der Waals surface area contributed by atoms with Crippen molar-refractivity contribution >= 4 is 22.3 Å². The van der Waals surface area contributed by atoms with E-state index in [2.05, 4.69) is 0 Å². The van der Waals surface area contributed by atoms with Gasteiger partial charge in [-0.2, -0.15) is 0 Å². The molecule has 2 aromatic rings. The van der Waals surface area contributed by atoms with E-state index in [1.54, 1.807) is 7.11 Å². The van der Waals surface area contributed by atoms with Crippen molar-refractivity contribution in [1.82, 2.24) is 0 Å². The van der Waals surface area contributed by atoms with Crippen molar-refractivity contribution in [3.8, 4) is 16.9 Å². The van der Waals surface area contributed by atoms with E-state index in [1.165, 1.54) is 17.8 Å². The number of para-hydroxylation sites is 1. The van der Waals surface area contributed by atoms with Gasteiger partial charge in [0.2, 0.25) is 0 Å². The van der Waals surface area contributed by atoms with Gasteiger partial charge < -0.3 is 15.2 Å². The molecule has 0 saturated heterocycles. The molecule has 0 bridgehead atoms. The van der Waals surface area contributed by atoms with Crippen LogP contribution in [0.4, 0.5) is 5.00 Å². The van der Waals surface area contributed by atoms with Crippen molar-refractivity contribution in [2.75, 3.05) is 12.8 Å². The Morgan fingerprint density at radius 1 is 1.21 bits per heavy atom. The number of aryl methyl sites for hydroxylation is 1. The number of carbonyl (C=O) groups is 1. The molecule has 0 unspecified atom stereocenters. The Hall–Kier alpha value is -2.01. The molecule has 128 valence electrons. The molecule has 1 aliphatic rings. The van der Waals surface area contributed by atoms with Gasteiger partial charge in [0, 0.05) is 16.0 Å². The molecule has 1 aliphatic carbocycles. The number of methoxy groups -OCH3 is 1. The fourth-order valence-corrected chi connectivity index (χ4v) is 4.27. The van der Waals surface area contributed by atoms with Crippen LogP contribution in [0.5, 0.6) is 5.75 Å². The van der Waals surface area contributed by atoms with E-state index < -0.39 is 0 Å². The second-order valence-electron chi connectivity index (χ2n) is 6.14. The standard InChI is InChI=1S/C19H23NO3S/c1-12-16(14-10-6-7-11-15(14)22-2)17(18(20)24-12)19(21)23-13-8-4-3-5-9-13/h6-7,10-11,13H,3-5,8-9,20H2,1-2H3. The topological polar surface area (TPSA) is 61.5 Å². The van der Waals surface area contributed by atoms with Crippen LogP contribution >= 0.6 is 11.3 Å². The van der Waals surface area contributed by atoms with Crippen LogP contribution in [0.25, 0.3) is 11.1 Å². The Labute approximate surface area is 146 Å². The minimum absolute atomic E-state index is 0.0105. The molecule has 0 spiro atoms. The summed E-state index contributed by atoms with van der Waals surface area (Å²) in [5.74, 6) is 0.412. The van der Waals surface area contributed by atoms with E-state index in [9.17, 15) is 4.79 Å². The normalized spacial score (nSPS) is 15.2. The average molecular weight is 345 g/mol. The van der Waals surface area contributed by atoms with Gasteiger partial charge in [0.15, 0.2) is 0 Å². The number of nitrogen functional groups attached to an aromatic ring is 1. The summed E-state index contributed by atoms with van der Waals surface area (Å²) < 4.78 is 11.2. The molecule has 1 saturated carbocycles. The second kappa shape index (κ2) is 7.26. The second-order valence-corrected chi connectivity index (χ2v) is 7.39. The summed E-state index contributed by atoms with van der Waals surface area (Å²) in [5, 5.41) is 0.509. The first-order valence-electron chi connectivity index (χ1n) is 8.35. The van der Waals surface area contributed by atoms with Crippen LogP contribution in [0.1, 0.15) is 47.3 Å². The maximum Gasteiger partial charge on any atom is 0.342 e. The summed E-state index contributed by atoms with van der Waals surface area (Å²) in [6, 6.07) is 7.68. The first-order valence-corrected chi connectivity index (χ1v) is 9.16. The molecule has 5 heteroatoms. The molecule has 1 aromatic carbocycles. The minimum atomic E-state index is -0.315. The number of hydrogen-bond donors (Lipinski definition) is 1. The Bertz CT molecular complexity index is 732. The lowest BCUT2D eigenvalue weighted by atomic mass is 9.97. The molecular weight excluding hydrogens is 322 g/mol. The van der Waals surface area contributed by atoms with E-state index in [0.717, 1.165) is 47.4 Å². The highest BCUT2D eigenvalue weighted by molar-refractivity contribution is 7.16. The van der Waals surface area contributed by atoms with Crippen molar-refractivity contribution in [1.29, 1.82) is 0 Å². The van der Waals surface area contributed by atoms with Crippen molar-refractivity contribution in [2.45, 2.75) is 45.1 Å². The molecule has 4 nitrogen and oxygen atoms in total. The van der Waals surface area contributed by atoms with E-state index in [4.69, 9.17) is 15.2 Å². The van der Waals surface area contributed by atoms with Crippen LogP contribution < -0.4 is 10.5 Å². The van der Waals surface area contributed by atoms with Crippen LogP contribution in [0.2, 0.25) is 0 Å². The predicted octanol–water partition coefficient (Wildman–Crippen LogP) is 4.80. The summed E-state index contributed by atoms with van der Waals surface area (Å²) in [4.78, 5) is 13.8. The van der Waals surface area contributed by atoms with Crippen LogP contribution in [0.3, 0.4) is 0 Å². The van der Waals surface area contributed by atoms with Gasteiger partial charge in [0.25, 0.3) is 0 Å². The monoisotopic (exact) mass is 345 g/mol. The summed E-state index contributed by atoms with van der Waals surface area (Å²) in [6.07, 6.45) is 5.36. The number of esters is 1. The van der Waals surface area contributed by atoms with Crippen LogP contribution in [-0.4, -0.2) is 19.2 Å². The van der Waals surface area contributed by atoms with Gasteiger partial charge in [-0.25, -0.2) is 4.79 Å². The number of anilines is 1. The number of thiophene rings is 1.